The molecule has 0 aromatic heterocycles. The maximum Gasteiger partial charge on any atom is 0.343 e. The fraction of sp³-hybridized carbons (Fsp3) is 0.548. The highest BCUT2D eigenvalue weighted by Gasteiger charge is 2.21. The van der Waals surface area contributed by atoms with Crippen LogP contribution in [-0.2, 0) is 0 Å². The maximum absolute atomic E-state index is 13.7. The molecule has 0 saturated heterocycles. The van der Waals surface area contributed by atoms with Gasteiger partial charge < -0.3 is 9.47 Å². The minimum absolute atomic E-state index is 0.0647. The summed E-state index contributed by atoms with van der Waals surface area (Å²) in [5.74, 6) is 0.980. The molecule has 0 atom stereocenters. The number of unbranched alkanes of at least 4 members (excludes halogenated alkanes) is 7. The van der Waals surface area contributed by atoms with Gasteiger partial charge in [0.25, 0.3) is 0 Å². The van der Waals surface area contributed by atoms with E-state index in [9.17, 15) is 9.18 Å². The number of nitrogens with zero attached hydrogens (tertiary/aromatic N) is 1. The first-order valence-electron chi connectivity index (χ1n) is 13.7. The molecule has 1 fully saturated rings. The molecule has 5 heteroatoms. The largest absolute Gasteiger partial charge is 0.493 e. The van der Waals surface area contributed by atoms with Gasteiger partial charge in [0.2, 0.25) is 0 Å². The lowest BCUT2D eigenvalue weighted by atomic mass is 9.80. The summed E-state index contributed by atoms with van der Waals surface area (Å²) in [4.78, 5) is 12.3. The average molecular weight is 494 g/mol. The number of halogens is 1. The number of hydrogen-bond acceptors (Lipinski definition) is 4. The van der Waals surface area contributed by atoms with Crippen molar-refractivity contribution >= 4 is 5.97 Å². The summed E-state index contributed by atoms with van der Waals surface area (Å²) in [7, 11) is 0. The number of carbonyl (C=O) groups excluding carboxylic acids is 1. The van der Waals surface area contributed by atoms with Gasteiger partial charge in [-0.05, 0) is 61.1 Å². The molecule has 0 unspecified atom stereocenters. The number of nitriles is 1. The third kappa shape index (κ3) is 9.30. The molecule has 1 aliphatic carbocycles. The molecular formula is C31H40FNO3. The van der Waals surface area contributed by atoms with Crippen molar-refractivity contribution in [1.82, 2.24) is 0 Å². The molecule has 0 N–H and O–H groups in total. The van der Waals surface area contributed by atoms with E-state index in [0.717, 1.165) is 17.7 Å². The second kappa shape index (κ2) is 15.3. The average Bonchev–Trinajstić information content (AvgIpc) is 2.90. The van der Waals surface area contributed by atoms with Crippen LogP contribution in [0.4, 0.5) is 4.39 Å². The minimum Gasteiger partial charge on any atom is -0.493 e. The quantitative estimate of drug-likeness (QED) is 0.150. The molecule has 1 saturated carbocycles. The van der Waals surface area contributed by atoms with Crippen molar-refractivity contribution in [3.05, 3.63) is 59.4 Å². The first kappa shape index (κ1) is 27.7. The van der Waals surface area contributed by atoms with E-state index in [0.29, 0.717) is 18.1 Å². The van der Waals surface area contributed by atoms with Crippen molar-refractivity contribution in [2.75, 3.05) is 6.61 Å². The SMILES string of the molecule is CCCCCCCCCC[C@H]1CC[C@H](COc2ccc(C(=O)Oc3ccc(C#N)c(F)c3)cc2)CC1. The second-order valence-corrected chi connectivity index (χ2v) is 10.1. The highest BCUT2D eigenvalue weighted by molar-refractivity contribution is 5.91. The summed E-state index contributed by atoms with van der Waals surface area (Å²) >= 11 is 0. The molecule has 0 radical (unpaired) electrons. The van der Waals surface area contributed by atoms with Gasteiger partial charge in [-0.3, -0.25) is 0 Å². The van der Waals surface area contributed by atoms with Crippen LogP contribution in [0.15, 0.2) is 42.5 Å². The lowest BCUT2D eigenvalue weighted by Gasteiger charge is -2.28. The molecule has 194 valence electrons. The number of ether oxygens (including phenoxy) is 2. The zero-order chi connectivity index (χ0) is 25.6. The Kier molecular flexibility index (Phi) is 11.8. The van der Waals surface area contributed by atoms with Gasteiger partial charge in [0.15, 0.2) is 0 Å². The topological polar surface area (TPSA) is 59.3 Å². The van der Waals surface area contributed by atoms with Crippen molar-refractivity contribution in [3.8, 4) is 17.6 Å². The standard InChI is InChI=1S/C31H40FNO3/c1-2-3-4-5-6-7-8-9-10-24-11-13-25(14-12-24)23-35-28-18-15-26(16-19-28)31(34)36-29-20-17-27(22-33)30(32)21-29/h15-21,24-25H,2-14,23H2,1H3/t24-,25-. The van der Waals surface area contributed by atoms with Crippen LogP contribution < -0.4 is 9.47 Å². The van der Waals surface area contributed by atoms with E-state index in [1.165, 1.54) is 95.6 Å². The van der Waals surface area contributed by atoms with Gasteiger partial charge in [0.05, 0.1) is 17.7 Å². The van der Waals surface area contributed by atoms with Gasteiger partial charge in [-0.25, -0.2) is 9.18 Å². The molecule has 0 aliphatic heterocycles. The van der Waals surface area contributed by atoms with E-state index in [1.54, 1.807) is 30.3 Å². The monoisotopic (exact) mass is 493 g/mol. The van der Waals surface area contributed by atoms with Gasteiger partial charge in [-0.1, -0.05) is 77.6 Å². The second-order valence-electron chi connectivity index (χ2n) is 10.1. The zero-order valence-corrected chi connectivity index (χ0v) is 21.6. The predicted molar refractivity (Wildman–Crippen MR) is 141 cm³/mol. The Bertz CT molecular complexity index is 974. The number of esters is 1. The zero-order valence-electron chi connectivity index (χ0n) is 21.6. The molecule has 0 bridgehead atoms. The van der Waals surface area contributed by atoms with E-state index < -0.39 is 11.8 Å². The lowest BCUT2D eigenvalue weighted by molar-refractivity contribution is 0.0734. The van der Waals surface area contributed by atoms with Gasteiger partial charge in [-0.15, -0.1) is 0 Å². The first-order valence-corrected chi connectivity index (χ1v) is 13.7. The fourth-order valence-corrected chi connectivity index (χ4v) is 4.97. The van der Waals surface area contributed by atoms with Gasteiger partial charge in [0, 0.05) is 6.07 Å². The predicted octanol–water partition coefficient (Wildman–Crippen LogP) is 8.63. The Hall–Kier alpha value is -2.87. The van der Waals surface area contributed by atoms with E-state index in [2.05, 4.69) is 6.92 Å². The normalized spacial score (nSPS) is 17.4. The summed E-state index contributed by atoms with van der Waals surface area (Å²) in [6, 6.07) is 12.3. The number of rotatable bonds is 14. The van der Waals surface area contributed by atoms with Crippen LogP contribution >= 0.6 is 0 Å². The van der Waals surface area contributed by atoms with Crippen molar-refractivity contribution in [3.63, 3.8) is 0 Å². The van der Waals surface area contributed by atoms with Crippen molar-refractivity contribution in [1.29, 1.82) is 5.26 Å². The third-order valence-electron chi connectivity index (χ3n) is 7.28. The number of hydrogen-bond donors (Lipinski definition) is 0. The maximum atomic E-state index is 13.7. The molecule has 4 nitrogen and oxygen atoms in total. The molecule has 2 aromatic carbocycles. The molecule has 3 rings (SSSR count). The number of benzene rings is 2. The van der Waals surface area contributed by atoms with Gasteiger partial charge in [-0.2, -0.15) is 5.26 Å². The molecule has 0 heterocycles. The first-order chi connectivity index (χ1) is 17.6. The third-order valence-corrected chi connectivity index (χ3v) is 7.28. The lowest BCUT2D eigenvalue weighted by Crippen LogP contribution is -2.20. The molecule has 0 amide bonds. The van der Waals surface area contributed by atoms with Crippen LogP contribution in [0.5, 0.6) is 11.5 Å². The Labute approximate surface area is 215 Å². The van der Waals surface area contributed by atoms with Crippen LogP contribution in [0.1, 0.15) is 106 Å². The van der Waals surface area contributed by atoms with Gasteiger partial charge >= 0.3 is 5.97 Å². The van der Waals surface area contributed by atoms with Crippen LogP contribution in [0, 0.1) is 29.0 Å². The van der Waals surface area contributed by atoms with Crippen LogP contribution in [-0.4, -0.2) is 12.6 Å². The summed E-state index contributed by atoms with van der Waals surface area (Å²) in [6.07, 6.45) is 17.6. The van der Waals surface area contributed by atoms with E-state index >= 15 is 0 Å². The van der Waals surface area contributed by atoms with Crippen molar-refractivity contribution in [2.45, 2.75) is 90.4 Å². The molecular weight excluding hydrogens is 453 g/mol. The Balaban J connectivity index is 1.31. The highest BCUT2D eigenvalue weighted by atomic mass is 19.1. The van der Waals surface area contributed by atoms with E-state index in [1.807, 2.05) is 0 Å². The number of carbonyl (C=O) groups is 1. The summed E-state index contributed by atoms with van der Waals surface area (Å²) in [5, 5.41) is 8.80. The van der Waals surface area contributed by atoms with Crippen molar-refractivity contribution < 1.29 is 18.7 Å². The van der Waals surface area contributed by atoms with Gasteiger partial charge in [0.1, 0.15) is 23.4 Å². The van der Waals surface area contributed by atoms with Crippen molar-refractivity contribution in [2.24, 2.45) is 11.8 Å². The Morgan fingerprint density at radius 1 is 0.889 bits per heavy atom. The summed E-state index contributed by atoms with van der Waals surface area (Å²) < 4.78 is 24.9. The summed E-state index contributed by atoms with van der Waals surface area (Å²) in [6.45, 7) is 2.98. The summed E-state index contributed by atoms with van der Waals surface area (Å²) in [5.41, 5.74) is 0.266. The molecule has 2 aromatic rings. The Morgan fingerprint density at radius 3 is 2.14 bits per heavy atom. The molecule has 0 spiro atoms. The van der Waals surface area contributed by atoms with Crippen LogP contribution in [0.2, 0.25) is 0 Å². The minimum atomic E-state index is -0.714. The fourth-order valence-electron chi connectivity index (χ4n) is 4.97. The van der Waals surface area contributed by atoms with Crippen LogP contribution in [0.3, 0.4) is 0 Å². The van der Waals surface area contributed by atoms with Crippen LogP contribution in [0.25, 0.3) is 0 Å². The van der Waals surface area contributed by atoms with E-state index in [4.69, 9.17) is 14.7 Å². The highest BCUT2D eigenvalue weighted by Crippen LogP contribution is 2.32. The smallest absolute Gasteiger partial charge is 0.343 e. The Morgan fingerprint density at radius 2 is 1.50 bits per heavy atom. The van der Waals surface area contributed by atoms with E-state index in [-0.39, 0.29) is 11.3 Å². The molecule has 36 heavy (non-hydrogen) atoms. The molecule has 1 aliphatic rings.